The maximum absolute atomic E-state index is 5.45. The van der Waals surface area contributed by atoms with Crippen LogP contribution in [0.2, 0.25) is 0 Å². The van der Waals surface area contributed by atoms with Gasteiger partial charge in [-0.05, 0) is 35.8 Å². The minimum Gasteiger partial charge on any atom is -0.373 e. The second kappa shape index (κ2) is 2.34. The summed E-state index contributed by atoms with van der Waals surface area (Å²) in [6.45, 7) is 6.51. The molecule has 0 N–H and O–H groups in total. The Kier molecular flexibility index (Phi) is 1.57. The standard InChI is InChI=1S/C10H16O/c1-10(2)5-3-4-8-6-11-7-9(8)10/h3-7H2,1-2H3. The summed E-state index contributed by atoms with van der Waals surface area (Å²) in [4.78, 5) is 0. The molecule has 0 amide bonds. The maximum Gasteiger partial charge on any atom is 0.0689 e. The smallest absolute Gasteiger partial charge is 0.0689 e. The Morgan fingerprint density at radius 1 is 1.27 bits per heavy atom. The topological polar surface area (TPSA) is 9.23 Å². The first-order chi connectivity index (χ1) is 5.20. The summed E-state index contributed by atoms with van der Waals surface area (Å²) in [6.07, 6.45) is 3.99. The molecule has 1 aliphatic heterocycles. The predicted molar refractivity (Wildman–Crippen MR) is 45.5 cm³/mol. The lowest BCUT2D eigenvalue weighted by Gasteiger charge is -2.31. The lowest BCUT2D eigenvalue weighted by atomic mass is 9.74. The minimum atomic E-state index is 0.435. The highest BCUT2D eigenvalue weighted by molar-refractivity contribution is 5.27. The van der Waals surface area contributed by atoms with E-state index in [-0.39, 0.29) is 0 Å². The Morgan fingerprint density at radius 2 is 2.09 bits per heavy atom. The van der Waals surface area contributed by atoms with Crippen LogP contribution in [0.25, 0.3) is 0 Å². The molecule has 0 saturated carbocycles. The van der Waals surface area contributed by atoms with Crippen LogP contribution in [0.15, 0.2) is 11.1 Å². The van der Waals surface area contributed by atoms with Crippen molar-refractivity contribution in [3.05, 3.63) is 11.1 Å². The summed E-state index contributed by atoms with van der Waals surface area (Å²) in [6, 6.07) is 0. The molecular formula is C10H16O. The number of rotatable bonds is 0. The van der Waals surface area contributed by atoms with Gasteiger partial charge in [0.05, 0.1) is 13.2 Å². The van der Waals surface area contributed by atoms with Crippen molar-refractivity contribution in [3.63, 3.8) is 0 Å². The van der Waals surface area contributed by atoms with Crippen LogP contribution in [0.5, 0.6) is 0 Å². The Hall–Kier alpha value is -0.300. The molecule has 1 heterocycles. The van der Waals surface area contributed by atoms with Crippen molar-refractivity contribution in [2.45, 2.75) is 33.1 Å². The van der Waals surface area contributed by atoms with E-state index < -0.39 is 0 Å². The highest BCUT2D eigenvalue weighted by Crippen LogP contribution is 2.42. The van der Waals surface area contributed by atoms with Crippen LogP contribution in [-0.4, -0.2) is 13.2 Å². The number of ether oxygens (including phenoxy) is 1. The maximum atomic E-state index is 5.45. The van der Waals surface area contributed by atoms with Crippen LogP contribution in [0.4, 0.5) is 0 Å². The van der Waals surface area contributed by atoms with Crippen molar-refractivity contribution >= 4 is 0 Å². The molecular weight excluding hydrogens is 136 g/mol. The lowest BCUT2D eigenvalue weighted by molar-refractivity contribution is 0.195. The van der Waals surface area contributed by atoms with E-state index in [0.717, 1.165) is 13.2 Å². The minimum absolute atomic E-state index is 0.435. The van der Waals surface area contributed by atoms with Crippen molar-refractivity contribution in [2.24, 2.45) is 5.41 Å². The van der Waals surface area contributed by atoms with E-state index in [1.54, 1.807) is 11.1 Å². The second-order valence-electron chi connectivity index (χ2n) is 4.31. The summed E-state index contributed by atoms with van der Waals surface area (Å²) in [5.41, 5.74) is 3.63. The van der Waals surface area contributed by atoms with Gasteiger partial charge in [0.15, 0.2) is 0 Å². The van der Waals surface area contributed by atoms with Gasteiger partial charge < -0.3 is 4.74 Å². The highest BCUT2D eigenvalue weighted by Gasteiger charge is 2.32. The van der Waals surface area contributed by atoms with Crippen LogP contribution in [-0.2, 0) is 4.74 Å². The Labute approximate surface area is 68.4 Å². The monoisotopic (exact) mass is 152 g/mol. The van der Waals surface area contributed by atoms with Crippen LogP contribution in [0, 0.1) is 5.41 Å². The zero-order chi connectivity index (χ0) is 7.90. The molecule has 1 heteroatoms. The largest absolute Gasteiger partial charge is 0.373 e. The third-order valence-corrected chi connectivity index (χ3v) is 3.05. The molecule has 0 saturated heterocycles. The lowest BCUT2D eigenvalue weighted by Crippen LogP contribution is -2.20. The summed E-state index contributed by atoms with van der Waals surface area (Å²) in [5.74, 6) is 0. The van der Waals surface area contributed by atoms with Gasteiger partial charge in [-0.25, -0.2) is 0 Å². The molecule has 2 rings (SSSR count). The Balaban J connectivity index is 2.32. The van der Waals surface area contributed by atoms with Gasteiger partial charge in [-0.2, -0.15) is 0 Å². The Bertz CT molecular complexity index is 201. The average molecular weight is 152 g/mol. The number of hydrogen-bond donors (Lipinski definition) is 0. The van der Waals surface area contributed by atoms with Gasteiger partial charge in [0, 0.05) is 0 Å². The molecule has 62 valence electrons. The fourth-order valence-corrected chi connectivity index (χ4v) is 2.26. The highest BCUT2D eigenvalue weighted by atomic mass is 16.5. The quantitative estimate of drug-likeness (QED) is 0.485. The first kappa shape index (κ1) is 7.35. The molecule has 1 nitrogen and oxygen atoms in total. The molecule has 0 unspecified atom stereocenters. The first-order valence-corrected chi connectivity index (χ1v) is 4.49. The van der Waals surface area contributed by atoms with Crippen LogP contribution < -0.4 is 0 Å². The molecule has 0 aromatic rings. The van der Waals surface area contributed by atoms with Gasteiger partial charge >= 0.3 is 0 Å². The molecule has 0 aromatic carbocycles. The molecule has 0 spiro atoms. The zero-order valence-electron chi connectivity index (χ0n) is 7.44. The molecule has 0 bridgehead atoms. The van der Waals surface area contributed by atoms with Crippen molar-refractivity contribution < 1.29 is 4.74 Å². The third-order valence-electron chi connectivity index (χ3n) is 3.05. The van der Waals surface area contributed by atoms with Crippen LogP contribution >= 0.6 is 0 Å². The predicted octanol–water partition coefficient (Wildman–Crippen LogP) is 2.52. The molecule has 0 aromatic heterocycles. The van der Waals surface area contributed by atoms with Crippen molar-refractivity contribution in [3.8, 4) is 0 Å². The van der Waals surface area contributed by atoms with Crippen LogP contribution in [0.3, 0.4) is 0 Å². The molecule has 11 heavy (non-hydrogen) atoms. The summed E-state index contributed by atoms with van der Waals surface area (Å²) in [5, 5.41) is 0. The Morgan fingerprint density at radius 3 is 2.82 bits per heavy atom. The fraction of sp³-hybridized carbons (Fsp3) is 0.800. The van der Waals surface area contributed by atoms with Gasteiger partial charge in [-0.3, -0.25) is 0 Å². The molecule has 0 fully saturated rings. The van der Waals surface area contributed by atoms with E-state index in [1.165, 1.54) is 19.3 Å². The number of hydrogen-bond acceptors (Lipinski definition) is 1. The van der Waals surface area contributed by atoms with E-state index in [4.69, 9.17) is 4.74 Å². The van der Waals surface area contributed by atoms with Gasteiger partial charge in [-0.1, -0.05) is 13.8 Å². The van der Waals surface area contributed by atoms with Gasteiger partial charge in [0.1, 0.15) is 0 Å². The average Bonchev–Trinajstić information content (AvgIpc) is 2.34. The van der Waals surface area contributed by atoms with Crippen molar-refractivity contribution in [1.29, 1.82) is 0 Å². The summed E-state index contributed by atoms with van der Waals surface area (Å²) in [7, 11) is 0. The third kappa shape index (κ3) is 1.12. The molecule has 0 atom stereocenters. The van der Waals surface area contributed by atoms with Crippen LogP contribution in [0.1, 0.15) is 33.1 Å². The van der Waals surface area contributed by atoms with Crippen molar-refractivity contribution in [1.82, 2.24) is 0 Å². The first-order valence-electron chi connectivity index (χ1n) is 4.49. The van der Waals surface area contributed by atoms with E-state index in [9.17, 15) is 0 Å². The zero-order valence-corrected chi connectivity index (χ0v) is 7.44. The molecule has 1 aliphatic carbocycles. The van der Waals surface area contributed by atoms with E-state index in [1.807, 2.05) is 0 Å². The summed E-state index contributed by atoms with van der Waals surface area (Å²) >= 11 is 0. The van der Waals surface area contributed by atoms with Gasteiger partial charge in [0.2, 0.25) is 0 Å². The van der Waals surface area contributed by atoms with Gasteiger partial charge in [-0.15, -0.1) is 0 Å². The normalized spacial score (nSPS) is 28.9. The van der Waals surface area contributed by atoms with E-state index in [0.29, 0.717) is 5.41 Å². The second-order valence-corrected chi connectivity index (χ2v) is 4.31. The molecule has 2 aliphatic rings. The fourth-order valence-electron chi connectivity index (χ4n) is 2.26. The van der Waals surface area contributed by atoms with E-state index >= 15 is 0 Å². The van der Waals surface area contributed by atoms with Crippen molar-refractivity contribution in [2.75, 3.05) is 13.2 Å². The van der Waals surface area contributed by atoms with E-state index in [2.05, 4.69) is 13.8 Å². The summed E-state index contributed by atoms with van der Waals surface area (Å²) < 4.78 is 5.45. The molecule has 0 radical (unpaired) electrons. The SMILES string of the molecule is CC1(C)CCCC2=C1COC2. The van der Waals surface area contributed by atoms with Gasteiger partial charge in [0.25, 0.3) is 0 Å².